The number of phenolic OH excluding ortho intramolecular Hbond substituents is 1. The smallest absolute Gasteiger partial charge is 0.446 e. The number of hydrogen-bond donors (Lipinski definition) is 3. The molecule has 90 valence electrons. The Balaban J connectivity index is 2.60. The highest BCUT2D eigenvalue weighted by Crippen LogP contribution is 2.31. The largest absolute Gasteiger partial charge is 0.507 e. The Bertz CT molecular complexity index is 680. The second-order valence-electron chi connectivity index (χ2n) is 3.43. The summed E-state index contributed by atoms with van der Waals surface area (Å²) in [6.45, 7) is 0. The summed E-state index contributed by atoms with van der Waals surface area (Å²) < 4.78 is 33.9. The summed E-state index contributed by atoms with van der Waals surface area (Å²) in [7, 11) is -4.61. The molecule has 2 aromatic rings. The fourth-order valence-electron chi connectivity index (χ4n) is 1.50. The maximum absolute atomic E-state index is 10.5. The molecule has 0 bridgehead atoms. The lowest BCUT2D eigenvalue weighted by Gasteiger charge is -2.06. The predicted octanol–water partition coefficient (Wildman–Crippen LogP) is 1.31. The first-order valence-electron chi connectivity index (χ1n) is 4.54. The molecule has 0 unspecified atom stereocenters. The summed E-state index contributed by atoms with van der Waals surface area (Å²) in [6.07, 6.45) is 0. The van der Waals surface area contributed by atoms with Gasteiger partial charge in [-0.3, -0.25) is 4.55 Å². The molecule has 0 spiro atoms. The fourth-order valence-corrected chi connectivity index (χ4v) is 1.84. The van der Waals surface area contributed by atoms with Crippen LogP contribution >= 0.6 is 0 Å². The van der Waals surface area contributed by atoms with Crippen molar-refractivity contribution in [3.63, 3.8) is 0 Å². The second kappa shape index (κ2) is 3.79. The first-order valence-corrected chi connectivity index (χ1v) is 5.91. The number of benzene rings is 2. The standard InChI is InChI=1S/C10H9NO5S/c11-7-2-1-6-3-8(16-17(13,14)15)5-10(12)9(6)4-7/h1-5,12H,11H2,(H,13,14,15). The molecule has 2 rings (SSSR count). The highest BCUT2D eigenvalue weighted by atomic mass is 32.3. The molecule has 0 aromatic heterocycles. The topological polar surface area (TPSA) is 110 Å². The van der Waals surface area contributed by atoms with E-state index in [2.05, 4.69) is 4.18 Å². The van der Waals surface area contributed by atoms with E-state index in [0.717, 1.165) is 6.07 Å². The van der Waals surface area contributed by atoms with Gasteiger partial charge in [0, 0.05) is 17.1 Å². The van der Waals surface area contributed by atoms with E-state index >= 15 is 0 Å². The van der Waals surface area contributed by atoms with Crippen LogP contribution in [0.25, 0.3) is 10.8 Å². The Morgan fingerprint density at radius 2 is 1.88 bits per heavy atom. The Labute approximate surface area is 97.2 Å². The fraction of sp³-hybridized carbons (Fsp3) is 0. The van der Waals surface area contributed by atoms with Crippen molar-refractivity contribution >= 4 is 26.9 Å². The molecule has 0 fully saturated rings. The van der Waals surface area contributed by atoms with Gasteiger partial charge >= 0.3 is 10.4 Å². The predicted molar refractivity (Wildman–Crippen MR) is 62.2 cm³/mol. The Morgan fingerprint density at radius 3 is 2.53 bits per heavy atom. The van der Waals surface area contributed by atoms with Crippen molar-refractivity contribution in [2.75, 3.05) is 5.73 Å². The van der Waals surface area contributed by atoms with Gasteiger partial charge in [-0.2, -0.15) is 8.42 Å². The molecule has 0 aliphatic heterocycles. The third-order valence-corrected chi connectivity index (χ3v) is 2.53. The molecule has 4 N–H and O–H groups in total. The number of phenols is 1. The lowest BCUT2D eigenvalue weighted by molar-refractivity contribution is 0.386. The van der Waals surface area contributed by atoms with E-state index in [4.69, 9.17) is 10.3 Å². The number of nitrogens with two attached hydrogens (primary N) is 1. The Kier molecular flexibility index (Phi) is 2.56. The monoisotopic (exact) mass is 255 g/mol. The van der Waals surface area contributed by atoms with Crippen molar-refractivity contribution in [3.8, 4) is 11.5 Å². The number of nitrogen functional groups attached to an aromatic ring is 1. The lowest BCUT2D eigenvalue weighted by atomic mass is 10.1. The number of hydrogen-bond acceptors (Lipinski definition) is 5. The number of aromatic hydroxyl groups is 1. The van der Waals surface area contributed by atoms with Crippen molar-refractivity contribution in [2.24, 2.45) is 0 Å². The molecule has 0 atom stereocenters. The van der Waals surface area contributed by atoms with Gasteiger partial charge in [-0.05, 0) is 23.6 Å². The maximum Gasteiger partial charge on any atom is 0.446 e. The molecule has 0 saturated heterocycles. The zero-order valence-electron chi connectivity index (χ0n) is 8.49. The van der Waals surface area contributed by atoms with Gasteiger partial charge < -0.3 is 15.0 Å². The SMILES string of the molecule is Nc1ccc2cc(OS(=O)(=O)O)cc(O)c2c1. The summed E-state index contributed by atoms with van der Waals surface area (Å²) in [4.78, 5) is 0. The molecular weight excluding hydrogens is 246 g/mol. The third kappa shape index (κ3) is 2.58. The van der Waals surface area contributed by atoms with Crippen LogP contribution in [0.1, 0.15) is 0 Å². The van der Waals surface area contributed by atoms with Crippen LogP contribution in [0, 0.1) is 0 Å². The average Bonchev–Trinajstić information content (AvgIpc) is 2.17. The quantitative estimate of drug-likeness (QED) is 0.551. The third-order valence-electron chi connectivity index (χ3n) is 2.13. The molecule has 0 amide bonds. The molecule has 7 heteroatoms. The highest BCUT2D eigenvalue weighted by Gasteiger charge is 2.10. The first-order chi connectivity index (χ1) is 7.85. The minimum Gasteiger partial charge on any atom is -0.507 e. The summed E-state index contributed by atoms with van der Waals surface area (Å²) in [5.74, 6) is -0.365. The van der Waals surface area contributed by atoms with Crippen molar-refractivity contribution in [1.82, 2.24) is 0 Å². The van der Waals surface area contributed by atoms with E-state index in [0.29, 0.717) is 16.5 Å². The Morgan fingerprint density at radius 1 is 1.18 bits per heavy atom. The summed E-state index contributed by atoms with van der Waals surface area (Å²) in [6, 6.07) is 7.18. The molecule has 2 aromatic carbocycles. The lowest BCUT2D eigenvalue weighted by Crippen LogP contribution is -2.06. The van der Waals surface area contributed by atoms with Crippen molar-refractivity contribution in [1.29, 1.82) is 0 Å². The van der Waals surface area contributed by atoms with Gasteiger partial charge in [0.2, 0.25) is 0 Å². The van der Waals surface area contributed by atoms with Crippen molar-refractivity contribution in [3.05, 3.63) is 30.3 Å². The van der Waals surface area contributed by atoms with E-state index < -0.39 is 10.4 Å². The van der Waals surface area contributed by atoms with Crippen LogP contribution in [0.4, 0.5) is 5.69 Å². The van der Waals surface area contributed by atoms with E-state index in [1.807, 2.05) is 0 Å². The summed E-state index contributed by atoms with van der Waals surface area (Å²) in [5.41, 5.74) is 6.02. The minimum absolute atomic E-state index is 0.178. The van der Waals surface area contributed by atoms with Crippen LogP contribution < -0.4 is 9.92 Å². The molecule has 0 aliphatic rings. The maximum atomic E-state index is 10.5. The van der Waals surface area contributed by atoms with Gasteiger partial charge in [-0.15, -0.1) is 0 Å². The van der Waals surface area contributed by atoms with Crippen LogP contribution in [0.3, 0.4) is 0 Å². The zero-order valence-corrected chi connectivity index (χ0v) is 9.31. The van der Waals surface area contributed by atoms with Crippen LogP contribution in [0.15, 0.2) is 30.3 Å². The van der Waals surface area contributed by atoms with E-state index in [1.54, 1.807) is 18.2 Å². The molecule has 17 heavy (non-hydrogen) atoms. The van der Waals surface area contributed by atoms with Gasteiger partial charge in [0.05, 0.1) is 0 Å². The minimum atomic E-state index is -4.61. The molecule has 0 saturated carbocycles. The zero-order chi connectivity index (χ0) is 12.6. The van der Waals surface area contributed by atoms with Gasteiger partial charge in [0.1, 0.15) is 11.5 Å². The highest BCUT2D eigenvalue weighted by molar-refractivity contribution is 7.81. The van der Waals surface area contributed by atoms with E-state index in [1.165, 1.54) is 6.07 Å². The number of rotatable bonds is 2. The molecule has 6 nitrogen and oxygen atoms in total. The van der Waals surface area contributed by atoms with Crippen LogP contribution in [-0.4, -0.2) is 18.1 Å². The van der Waals surface area contributed by atoms with Crippen LogP contribution in [0.2, 0.25) is 0 Å². The van der Waals surface area contributed by atoms with Gasteiger partial charge in [0.25, 0.3) is 0 Å². The van der Waals surface area contributed by atoms with Gasteiger partial charge in [-0.1, -0.05) is 6.07 Å². The van der Waals surface area contributed by atoms with Crippen molar-refractivity contribution in [2.45, 2.75) is 0 Å². The first kappa shape index (κ1) is 11.5. The average molecular weight is 255 g/mol. The summed E-state index contributed by atoms with van der Waals surface area (Å²) in [5, 5.41) is 10.7. The Hall–Kier alpha value is -1.99. The molecule has 0 heterocycles. The second-order valence-corrected chi connectivity index (χ2v) is 4.46. The van der Waals surface area contributed by atoms with E-state index in [-0.39, 0.29) is 11.5 Å². The van der Waals surface area contributed by atoms with Crippen molar-refractivity contribution < 1.29 is 22.3 Å². The molecular formula is C10H9NO5S. The normalized spacial score (nSPS) is 11.6. The van der Waals surface area contributed by atoms with Crippen LogP contribution in [0.5, 0.6) is 11.5 Å². The van der Waals surface area contributed by atoms with Gasteiger partial charge in [0.15, 0.2) is 0 Å². The summed E-state index contributed by atoms with van der Waals surface area (Å²) >= 11 is 0. The van der Waals surface area contributed by atoms with Crippen LogP contribution in [-0.2, 0) is 10.4 Å². The molecule has 0 aliphatic carbocycles. The number of anilines is 1. The van der Waals surface area contributed by atoms with E-state index in [9.17, 15) is 13.5 Å². The van der Waals surface area contributed by atoms with Gasteiger partial charge in [-0.25, -0.2) is 0 Å². The number of fused-ring (bicyclic) bond motifs is 1. The molecule has 0 radical (unpaired) electrons.